The highest BCUT2D eigenvalue weighted by atomic mass is 16.3. The summed E-state index contributed by atoms with van der Waals surface area (Å²) in [5.74, 6) is 0.555. The van der Waals surface area contributed by atoms with E-state index >= 15 is 0 Å². The quantitative estimate of drug-likeness (QED) is 0.573. The average Bonchev–Trinajstić information content (AvgIpc) is 2.66. The molecule has 4 N–H and O–H groups in total. The third-order valence-electron chi connectivity index (χ3n) is 2.99. The SMILES string of the molecule is O=c1[nH]cc(C(O)CC2CCNCC2)[nH]1. The fraction of sp³-hybridized carbons (Fsp3) is 0.700. The first-order valence-electron chi connectivity index (χ1n) is 5.42. The van der Waals surface area contributed by atoms with Crippen LogP contribution in [0.5, 0.6) is 0 Å². The van der Waals surface area contributed by atoms with Gasteiger partial charge in [-0.1, -0.05) is 0 Å². The van der Waals surface area contributed by atoms with Gasteiger partial charge in [-0.2, -0.15) is 0 Å². The zero-order valence-electron chi connectivity index (χ0n) is 8.62. The van der Waals surface area contributed by atoms with Crippen LogP contribution in [0.15, 0.2) is 11.0 Å². The summed E-state index contributed by atoms with van der Waals surface area (Å²) in [6, 6.07) is 0. The summed E-state index contributed by atoms with van der Waals surface area (Å²) in [6.45, 7) is 2.06. The average molecular weight is 211 g/mol. The number of rotatable bonds is 3. The smallest absolute Gasteiger partial charge is 0.323 e. The van der Waals surface area contributed by atoms with Crippen LogP contribution in [0.25, 0.3) is 0 Å². The topological polar surface area (TPSA) is 80.9 Å². The van der Waals surface area contributed by atoms with E-state index in [0.717, 1.165) is 32.4 Å². The van der Waals surface area contributed by atoms with Crippen molar-refractivity contribution in [3.63, 3.8) is 0 Å². The summed E-state index contributed by atoms with van der Waals surface area (Å²) >= 11 is 0. The second-order valence-corrected chi connectivity index (χ2v) is 4.14. The highest BCUT2D eigenvalue weighted by molar-refractivity contribution is 4.99. The molecule has 0 spiro atoms. The van der Waals surface area contributed by atoms with Gasteiger partial charge in [0.15, 0.2) is 0 Å². The minimum absolute atomic E-state index is 0.255. The van der Waals surface area contributed by atoms with Gasteiger partial charge in [-0.15, -0.1) is 0 Å². The molecule has 1 aromatic rings. The molecule has 1 aliphatic heterocycles. The molecule has 0 bridgehead atoms. The molecule has 5 nitrogen and oxygen atoms in total. The molecular formula is C10H17N3O2. The Bertz CT molecular complexity index is 352. The van der Waals surface area contributed by atoms with E-state index in [2.05, 4.69) is 15.3 Å². The van der Waals surface area contributed by atoms with E-state index in [1.54, 1.807) is 6.20 Å². The predicted octanol–water partition coefficient (Wildman–Crippen LogP) is 0.126. The van der Waals surface area contributed by atoms with Gasteiger partial charge in [0.25, 0.3) is 0 Å². The van der Waals surface area contributed by atoms with Crippen LogP contribution in [-0.2, 0) is 0 Å². The molecule has 2 rings (SSSR count). The first-order chi connectivity index (χ1) is 7.25. The molecule has 0 saturated carbocycles. The van der Waals surface area contributed by atoms with Crippen molar-refractivity contribution >= 4 is 0 Å². The van der Waals surface area contributed by atoms with E-state index in [4.69, 9.17) is 0 Å². The maximum absolute atomic E-state index is 10.9. The maximum Gasteiger partial charge on any atom is 0.323 e. The standard InChI is InChI=1S/C10H17N3O2/c14-9(8-6-12-10(15)13-8)5-7-1-3-11-4-2-7/h6-7,9,11,14H,1-5H2,(H2,12,13,15). The van der Waals surface area contributed by atoms with Crippen LogP contribution in [0.3, 0.4) is 0 Å². The zero-order valence-corrected chi connectivity index (χ0v) is 8.62. The Morgan fingerprint density at radius 2 is 2.20 bits per heavy atom. The molecule has 15 heavy (non-hydrogen) atoms. The van der Waals surface area contributed by atoms with Crippen LogP contribution in [0.4, 0.5) is 0 Å². The lowest BCUT2D eigenvalue weighted by molar-refractivity contribution is 0.130. The summed E-state index contributed by atoms with van der Waals surface area (Å²) in [6.07, 6.45) is 3.94. The number of aliphatic hydroxyl groups is 1. The van der Waals surface area contributed by atoms with Gasteiger partial charge in [0, 0.05) is 6.20 Å². The molecule has 0 aromatic carbocycles. The Morgan fingerprint density at radius 1 is 1.47 bits per heavy atom. The molecule has 0 radical (unpaired) electrons. The number of hydrogen-bond acceptors (Lipinski definition) is 3. The van der Waals surface area contributed by atoms with E-state index in [0.29, 0.717) is 11.6 Å². The van der Waals surface area contributed by atoms with Gasteiger partial charge in [0.1, 0.15) is 0 Å². The highest BCUT2D eigenvalue weighted by Crippen LogP contribution is 2.24. The summed E-state index contributed by atoms with van der Waals surface area (Å²) < 4.78 is 0. The number of aliphatic hydroxyl groups excluding tert-OH is 1. The minimum Gasteiger partial charge on any atom is -0.387 e. The molecule has 0 aliphatic carbocycles. The number of hydrogen-bond donors (Lipinski definition) is 4. The van der Waals surface area contributed by atoms with Crippen molar-refractivity contribution in [1.82, 2.24) is 15.3 Å². The highest BCUT2D eigenvalue weighted by Gasteiger charge is 2.19. The van der Waals surface area contributed by atoms with Crippen LogP contribution in [0.2, 0.25) is 0 Å². The molecule has 2 heterocycles. The lowest BCUT2D eigenvalue weighted by Crippen LogP contribution is -2.28. The molecule has 1 atom stereocenters. The van der Waals surface area contributed by atoms with Crippen molar-refractivity contribution < 1.29 is 5.11 Å². The Labute approximate surface area is 87.9 Å². The summed E-state index contributed by atoms with van der Waals surface area (Å²) in [5, 5.41) is 13.2. The predicted molar refractivity (Wildman–Crippen MR) is 56.6 cm³/mol. The second kappa shape index (κ2) is 4.63. The molecule has 1 unspecified atom stereocenters. The number of H-pyrrole nitrogens is 2. The van der Waals surface area contributed by atoms with Crippen LogP contribution in [0.1, 0.15) is 31.1 Å². The third-order valence-corrected chi connectivity index (χ3v) is 2.99. The molecule has 1 fully saturated rings. The second-order valence-electron chi connectivity index (χ2n) is 4.14. The van der Waals surface area contributed by atoms with Crippen molar-refractivity contribution in [2.75, 3.05) is 13.1 Å². The summed E-state index contributed by atoms with van der Waals surface area (Å²) in [7, 11) is 0. The number of aromatic amines is 2. The molecular weight excluding hydrogens is 194 g/mol. The molecule has 0 amide bonds. The fourth-order valence-electron chi connectivity index (χ4n) is 2.09. The molecule has 1 aliphatic rings. The van der Waals surface area contributed by atoms with E-state index in [1.165, 1.54) is 0 Å². The zero-order chi connectivity index (χ0) is 10.7. The molecule has 1 saturated heterocycles. The Balaban J connectivity index is 1.90. The maximum atomic E-state index is 10.9. The van der Waals surface area contributed by atoms with Crippen LogP contribution in [0, 0.1) is 5.92 Å². The lowest BCUT2D eigenvalue weighted by Gasteiger charge is -2.24. The van der Waals surface area contributed by atoms with E-state index in [-0.39, 0.29) is 5.69 Å². The molecule has 84 valence electrons. The van der Waals surface area contributed by atoms with E-state index in [1.807, 2.05) is 0 Å². The third kappa shape index (κ3) is 2.70. The summed E-state index contributed by atoms with van der Waals surface area (Å²) in [4.78, 5) is 15.9. The van der Waals surface area contributed by atoms with Crippen molar-refractivity contribution in [1.29, 1.82) is 0 Å². The largest absolute Gasteiger partial charge is 0.387 e. The fourth-order valence-corrected chi connectivity index (χ4v) is 2.09. The van der Waals surface area contributed by atoms with Gasteiger partial charge in [-0.3, -0.25) is 0 Å². The van der Waals surface area contributed by atoms with E-state index in [9.17, 15) is 9.90 Å². The van der Waals surface area contributed by atoms with Gasteiger partial charge in [-0.25, -0.2) is 4.79 Å². The van der Waals surface area contributed by atoms with Gasteiger partial charge in [0.05, 0.1) is 11.8 Å². The lowest BCUT2D eigenvalue weighted by atomic mass is 9.91. The van der Waals surface area contributed by atoms with Gasteiger partial charge in [-0.05, 0) is 38.3 Å². The van der Waals surface area contributed by atoms with Gasteiger partial charge < -0.3 is 20.4 Å². The number of nitrogens with one attached hydrogen (secondary N) is 3. The monoisotopic (exact) mass is 211 g/mol. The minimum atomic E-state index is -0.549. The number of piperidine rings is 1. The van der Waals surface area contributed by atoms with Crippen LogP contribution >= 0.6 is 0 Å². The molecule has 1 aromatic heterocycles. The van der Waals surface area contributed by atoms with Crippen molar-refractivity contribution in [3.05, 3.63) is 22.4 Å². The van der Waals surface area contributed by atoms with Crippen LogP contribution < -0.4 is 11.0 Å². The first kappa shape index (κ1) is 10.4. The van der Waals surface area contributed by atoms with Crippen molar-refractivity contribution in [2.24, 2.45) is 5.92 Å². The van der Waals surface area contributed by atoms with Gasteiger partial charge in [0.2, 0.25) is 0 Å². The Morgan fingerprint density at radius 3 is 2.80 bits per heavy atom. The van der Waals surface area contributed by atoms with Crippen molar-refractivity contribution in [3.8, 4) is 0 Å². The van der Waals surface area contributed by atoms with E-state index < -0.39 is 6.10 Å². The first-order valence-corrected chi connectivity index (χ1v) is 5.42. The summed E-state index contributed by atoms with van der Waals surface area (Å²) in [5.41, 5.74) is 0.341. The Hall–Kier alpha value is -1.07. The van der Waals surface area contributed by atoms with Gasteiger partial charge >= 0.3 is 5.69 Å². The van der Waals surface area contributed by atoms with Crippen molar-refractivity contribution in [2.45, 2.75) is 25.4 Å². The number of aromatic nitrogens is 2. The number of imidazole rings is 1. The van der Waals surface area contributed by atoms with Crippen LogP contribution in [-0.4, -0.2) is 28.2 Å². The normalized spacial score (nSPS) is 20.3. The molecule has 5 heteroatoms. The Kier molecular flexibility index (Phi) is 3.23.